The minimum atomic E-state index is -0.729. The third kappa shape index (κ3) is 4.73. The van der Waals surface area contributed by atoms with E-state index in [9.17, 15) is 9.59 Å². The Kier molecular flexibility index (Phi) is 6.01. The maximum absolute atomic E-state index is 12.0. The second kappa shape index (κ2) is 8.81. The summed E-state index contributed by atoms with van der Waals surface area (Å²) in [6, 6.07) is 13.5. The molecule has 0 aliphatic carbocycles. The van der Waals surface area contributed by atoms with E-state index in [0.29, 0.717) is 23.0 Å². The first-order valence-corrected chi connectivity index (χ1v) is 8.44. The molecule has 0 spiro atoms. The van der Waals surface area contributed by atoms with Crippen LogP contribution in [0.5, 0.6) is 11.5 Å². The molecule has 2 aromatic carbocycles. The van der Waals surface area contributed by atoms with Crippen LogP contribution in [0.4, 0.5) is 0 Å². The Balaban J connectivity index is 1.54. The molecule has 144 valence electrons. The molecule has 8 heteroatoms. The van der Waals surface area contributed by atoms with Crippen LogP contribution in [-0.2, 0) is 9.53 Å². The number of carbonyl (C=O) groups is 2. The van der Waals surface area contributed by atoms with Gasteiger partial charge in [-0.3, -0.25) is 4.79 Å². The first kappa shape index (κ1) is 19.1. The van der Waals surface area contributed by atoms with Crippen LogP contribution in [0.2, 0.25) is 0 Å². The van der Waals surface area contributed by atoms with Crippen molar-refractivity contribution in [1.82, 2.24) is 10.2 Å². The summed E-state index contributed by atoms with van der Waals surface area (Å²) in [5, 5.41) is 7.90. The average molecular weight is 382 g/mol. The Morgan fingerprint density at radius 2 is 1.75 bits per heavy atom. The number of benzene rings is 2. The van der Waals surface area contributed by atoms with Gasteiger partial charge >= 0.3 is 5.97 Å². The van der Waals surface area contributed by atoms with Gasteiger partial charge in [0.15, 0.2) is 12.7 Å². The Hall–Kier alpha value is -3.68. The quantitative estimate of drug-likeness (QED) is 0.432. The number of esters is 1. The normalized spacial score (nSPS) is 11.5. The maximum atomic E-state index is 12.0. The summed E-state index contributed by atoms with van der Waals surface area (Å²) in [6.45, 7) is 1.34. The van der Waals surface area contributed by atoms with E-state index < -0.39 is 12.1 Å². The average Bonchev–Trinajstić information content (AvgIpc) is 3.23. The number of methoxy groups -OCH3 is 1. The Labute approximate surface area is 161 Å². The van der Waals surface area contributed by atoms with Crippen molar-refractivity contribution in [2.75, 3.05) is 13.7 Å². The first-order chi connectivity index (χ1) is 13.6. The zero-order valence-corrected chi connectivity index (χ0v) is 15.3. The number of ether oxygens (including phenoxy) is 3. The molecule has 0 bridgehead atoms. The maximum Gasteiger partial charge on any atom is 0.344 e. The van der Waals surface area contributed by atoms with Gasteiger partial charge in [0.1, 0.15) is 17.8 Å². The molecule has 1 atom stereocenters. The minimum absolute atomic E-state index is 0.175. The van der Waals surface area contributed by atoms with Crippen LogP contribution in [-0.4, -0.2) is 36.2 Å². The number of carbonyl (C=O) groups excluding carboxylic acids is 2. The lowest BCUT2D eigenvalue weighted by Crippen LogP contribution is -2.17. The first-order valence-electron chi connectivity index (χ1n) is 8.44. The van der Waals surface area contributed by atoms with Crippen LogP contribution in [0.3, 0.4) is 0 Å². The largest absolute Gasteiger partial charge is 0.497 e. The van der Waals surface area contributed by atoms with Crippen LogP contribution in [0.15, 0.2) is 52.9 Å². The van der Waals surface area contributed by atoms with Gasteiger partial charge < -0.3 is 18.6 Å². The molecule has 0 radical (unpaired) electrons. The molecule has 0 N–H and O–H groups in total. The third-order valence-electron chi connectivity index (χ3n) is 3.81. The summed E-state index contributed by atoms with van der Waals surface area (Å²) in [4.78, 5) is 22.6. The summed E-state index contributed by atoms with van der Waals surface area (Å²) < 4.78 is 21.3. The zero-order chi connectivity index (χ0) is 19.9. The molecule has 0 saturated heterocycles. The van der Waals surface area contributed by atoms with Gasteiger partial charge in [-0.05, 0) is 55.5 Å². The Morgan fingerprint density at radius 1 is 1.07 bits per heavy atom. The van der Waals surface area contributed by atoms with Gasteiger partial charge in [0.25, 0.3) is 5.89 Å². The highest BCUT2D eigenvalue weighted by atomic mass is 16.6. The predicted octanol–water partition coefficient (Wildman–Crippen LogP) is 3.24. The SMILES string of the molecule is COc1ccc(-c2nnc([C@H](C)OC(=O)COc3ccc(C=O)cc3)o2)cc1. The van der Waals surface area contributed by atoms with Gasteiger partial charge in [-0.25, -0.2) is 4.79 Å². The fourth-order valence-corrected chi connectivity index (χ4v) is 2.32. The summed E-state index contributed by atoms with van der Waals surface area (Å²) >= 11 is 0. The molecule has 0 saturated carbocycles. The van der Waals surface area contributed by atoms with Gasteiger partial charge in [-0.15, -0.1) is 10.2 Å². The molecule has 1 aromatic heterocycles. The topological polar surface area (TPSA) is 101 Å². The lowest BCUT2D eigenvalue weighted by Gasteiger charge is -2.10. The molecule has 0 aliphatic heterocycles. The Bertz CT molecular complexity index is 934. The molecule has 3 rings (SSSR count). The molecule has 8 nitrogen and oxygen atoms in total. The highest BCUT2D eigenvalue weighted by molar-refractivity contribution is 5.75. The van der Waals surface area contributed by atoms with Gasteiger partial charge in [0, 0.05) is 11.1 Å². The highest BCUT2D eigenvalue weighted by Crippen LogP contribution is 2.24. The molecule has 1 heterocycles. The summed E-state index contributed by atoms with van der Waals surface area (Å²) in [5.41, 5.74) is 1.24. The number of rotatable bonds is 8. The monoisotopic (exact) mass is 382 g/mol. The van der Waals surface area contributed by atoms with Crippen LogP contribution in [0, 0.1) is 0 Å². The smallest absolute Gasteiger partial charge is 0.344 e. The molecule has 0 unspecified atom stereocenters. The van der Waals surface area contributed by atoms with Gasteiger partial charge in [0.2, 0.25) is 5.89 Å². The third-order valence-corrected chi connectivity index (χ3v) is 3.81. The summed E-state index contributed by atoms with van der Waals surface area (Å²) in [5.74, 6) is 1.07. The van der Waals surface area contributed by atoms with Crippen LogP contribution in [0.25, 0.3) is 11.5 Å². The fraction of sp³-hybridized carbons (Fsp3) is 0.200. The van der Waals surface area contributed by atoms with Crippen molar-refractivity contribution in [3.63, 3.8) is 0 Å². The van der Waals surface area contributed by atoms with E-state index in [0.717, 1.165) is 11.8 Å². The lowest BCUT2D eigenvalue weighted by molar-refractivity contribution is -0.152. The van der Waals surface area contributed by atoms with Crippen molar-refractivity contribution < 1.29 is 28.2 Å². The highest BCUT2D eigenvalue weighted by Gasteiger charge is 2.19. The van der Waals surface area contributed by atoms with Crippen molar-refractivity contribution in [2.24, 2.45) is 0 Å². The molecule has 28 heavy (non-hydrogen) atoms. The second-order valence-electron chi connectivity index (χ2n) is 5.78. The van der Waals surface area contributed by atoms with Gasteiger partial charge in [-0.1, -0.05) is 0 Å². The van der Waals surface area contributed by atoms with E-state index in [4.69, 9.17) is 18.6 Å². The predicted molar refractivity (Wildman–Crippen MR) is 98.1 cm³/mol. The molecule has 3 aromatic rings. The summed E-state index contributed by atoms with van der Waals surface area (Å²) in [6.07, 6.45) is -0.00216. The molecular formula is C20H18N2O6. The van der Waals surface area contributed by atoms with Crippen molar-refractivity contribution in [3.8, 4) is 23.0 Å². The number of aromatic nitrogens is 2. The Morgan fingerprint density at radius 3 is 2.39 bits per heavy atom. The van der Waals surface area contributed by atoms with E-state index in [-0.39, 0.29) is 12.5 Å². The van der Waals surface area contributed by atoms with Crippen molar-refractivity contribution in [1.29, 1.82) is 0 Å². The van der Waals surface area contributed by atoms with E-state index in [1.807, 2.05) is 0 Å². The van der Waals surface area contributed by atoms with Crippen molar-refractivity contribution in [3.05, 3.63) is 60.0 Å². The van der Waals surface area contributed by atoms with Crippen molar-refractivity contribution in [2.45, 2.75) is 13.0 Å². The standard InChI is InChI=1S/C20H18N2O6/c1-13(27-18(24)12-26-17-7-3-14(11-23)4-8-17)19-21-22-20(28-19)15-5-9-16(25-2)10-6-15/h3-11,13H,12H2,1-2H3/t13-/m0/s1. The van der Waals surface area contributed by atoms with Crippen LogP contribution in [0.1, 0.15) is 29.3 Å². The van der Waals surface area contributed by atoms with E-state index >= 15 is 0 Å². The lowest BCUT2D eigenvalue weighted by atomic mass is 10.2. The number of hydrogen-bond acceptors (Lipinski definition) is 8. The number of hydrogen-bond donors (Lipinski definition) is 0. The summed E-state index contributed by atoms with van der Waals surface area (Å²) in [7, 11) is 1.58. The van der Waals surface area contributed by atoms with Gasteiger partial charge in [0.05, 0.1) is 7.11 Å². The van der Waals surface area contributed by atoms with Gasteiger partial charge in [-0.2, -0.15) is 0 Å². The van der Waals surface area contributed by atoms with Crippen LogP contribution < -0.4 is 9.47 Å². The van der Waals surface area contributed by atoms with Crippen molar-refractivity contribution >= 4 is 12.3 Å². The fourth-order valence-electron chi connectivity index (χ4n) is 2.32. The van der Waals surface area contributed by atoms with E-state index in [1.54, 1.807) is 62.6 Å². The molecular weight excluding hydrogens is 364 g/mol. The second-order valence-corrected chi connectivity index (χ2v) is 5.78. The molecule has 0 fully saturated rings. The van der Waals surface area contributed by atoms with E-state index in [1.165, 1.54) is 0 Å². The zero-order valence-electron chi connectivity index (χ0n) is 15.3. The minimum Gasteiger partial charge on any atom is -0.497 e. The number of nitrogens with zero attached hydrogens (tertiary/aromatic N) is 2. The van der Waals surface area contributed by atoms with E-state index in [2.05, 4.69) is 10.2 Å². The molecule has 0 aliphatic rings. The van der Waals surface area contributed by atoms with Crippen LogP contribution >= 0.6 is 0 Å². The number of aldehydes is 1. The molecule has 0 amide bonds.